The van der Waals surface area contributed by atoms with Crippen molar-refractivity contribution in [3.05, 3.63) is 18.2 Å². The summed E-state index contributed by atoms with van der Waals surface area (Å²) in [5, 5.41) is 0. The highest BCUT2D eigenvalue weighted by molar-refractivity contribution is 5.27. The van der Waals surface area contributed by atoms with Crippen LogP contribution < -0.4 is 5.73 Å². The van der Waals surface area contributed by atoms with Gasteiger partial charge in [0, 0.05) is 13.2 Å². The quantitative estimate of drug-likeness (QED) is 0.674. The molecule has 2 rings (SSSR count). The zero-order valence-electron chi connectivity index (χ0n) is 7.83. The minimum atomic E-state index is -0.172. The van der Waals surface area contributed by atoms with Crippen LogP contribution in [0.5, 0.6) is 0 Å². The van der Waals surface area contributed by atoms with Gasteiger partial charge in [0.25, 0.3) is 0 Å². The van der Waals surface area contributed by atoms with Crippen molar-refractivity contribution in [3.63, 3.8) is 0 Å². The van der Waals surface area contributed by atoms with E-state index >= 15 is 0 Å². The molecule has 1 aliphatic carbocycles. The molecule has 3 nitrogen and oxygen atoms in total. The van der Waals surface area contributed by atoms with Crippen molar-refractivity contribution in [2.45, 2.75) is 25.8 Å². The second kappa shape index (κ2) is 1.91. The molecular weight excluding hydrogens is 150 g/mol. The van der Waals surface area contributed by atoms with E-state index in [0.29, 0.717) is 0 Å². The second-order valence-electron chi connectivity index (χ2n) is 4.46. The fourth-order valence-electron chi connectivity index (χ4n) is 1.73. The summed E-state index contributed by atoms with van der Waals surface area (Å²) < 4.78 is 1.94. The number of nitrogens with zero attached hydrogens (tertiary/aromatic N) is 2. The van der Waals surface area contributed by atoms with Gasteiger partial charge in [-0.1, -0.05) is 13.8 Å². The molecule has 0 spiro atoms. The summed E-state index contributed by atoms with van der Waals surface area (Å²) in [6, 6.07) is 0. The highest BCUT2D eigenvalue weighted by Crippen LogP contribution is 2.59. The zero-order chi connectivity index (χ0) is 8.98. The van der Waals surface area contributed by atoms with Gasteiger partial charge < -0.3 is 10.3 Å². The summed E-state index contributed by atoms with van der Waals surface area (Å²) >= 11 is 0. The molecule has 12 heavy (non-hydrogen) atoms. The highest BCUT2D eigenvalue weighted by atomic mass is 15.1. The lowest BCUT2D eigenvalue weighted by molar-refractivity contribution is 0.501. The van der Waals surface area contributed by atoms with Crippen LogP contribution >= 0.6 is 0 Å². The van der Waals surface area contributed by atoms with Gasteiger partial charge in [-0.25, -0.2) is 4.98 Å². The molecule has 0 bridgehead atoms. The van der Waals surface area contributed by atoms with Gasteiger partial charge in [-0.15, -0.1) is 0 Å². The Morgan fingerprint density at radius 3 is 2.50 bits per heavy atom. The van der Waals surface area contributed by atoms with Gasteiger partial charge in [0.2, 0.25) is 0 Å². The number of rotatable bonds is 1. The number of hydrogen-bond donors (Lipinski definition) is 1. The summed E-state index contributed by atoms with van der Waals surface area (Å²) in [6.07, 6.45) is 4.85. The summed E-state index contributed by atoms with van der Waals surface area (Å²) in [7, 11) is 1.97. The molecule has 1 aromatic heterocycles. The Kier molecular flexibility index (Phi) is 1.24. The first kappa shape index (κ1) is 7.80. The van der Waals surface area contributed by atoms with Gasteiger partial charge >= 0.3 is 0 Å². The first-order valence-corrected chi connectivity index (χ1v) is 4.23. The Morgan fingerprint density at radius 1 is 1.58 bits per heavy atom. The maximum absolute atomic E-state index is 6.18. The molecule has 1 atom stereocenters. The van der Waals surface area contributed by atoms with E-state index in [1.165, 1.54) is 0 Å². The molecular formula is C9H15N3. The van der Waals surface area contributed by atoms with E-state index in [-0.39, 0.29) is 11.0 Å². The Hall–Kier alpha value is -0.830. The third kappa shape index (κ3) is 0.829. The Morgan fingerprint density at radius 2 is 2.17 bits per heavy atom. The maximum Gasteiger partial charge on any atom is 0.0947 e. The van der Waals surface area contributed by atoms with Crippen LogP contribution in [0.25, 0.3) is 0 Å². The van der Waals surface area contributed by atoms with Crippen molar-refractivity contribution in [3.8, 4) is 0 Å². The van der Waals surface area contributed by atoms with E-state index in [9.17, 15) is 0 Å². The van der Waals surface area contributed by atoms with Gasteiger partial charge in [-0.2, -0.15) is 0 Å². The molecule has 66 valence electrons. The van der Waals surface area contributed by atoms with Gasteiger partial charge in [0.05, 0.1) is 17.6 Å². The Balaban J connectivity index is 2.34. The number of nitrogens with two attached hydrogens (primary N) is 1. The van der Waals surface area contributed by atoms with E-state index in [1.807, 2.05) is 17.8 Å². The van der Waals surface area contributed by atoms with Gasteiger partial charge in [-0.3, -0.25) is 0 Å². The topological polar surface area (TPSA) is 43.8 Å². The average Bonchev–Trinajstić information content (AvgIpc) is 2.37. The summed E-state index contributed by atoms with van der Waals surface area (Å²) in [5.41, 5.74) is 7.26. The van der Waals surface area contributed by atoms with Crippen molar-refractivity contribution in [1.29, 1.82) is 0 Å². The lowest BCUT2D eigenvalue weighted by atomic mass is 10.0. The van der Waals surface area contributed by atoms with Crippen LogP contribution in [-0.4, -0.2) is 9.55 Å². The summed E-state index contributed by atoms with van der Waals surface area (Å²) in [6.45, 7) is 4.36. The molecule has 0 amide bonds. The van der Waals surface area contributed by atoms with E-state index in [1.54, 1.807) is 6.33 Å². The molecule has 2 N–H and O–H groups in total. The predicted molar refractivity (Wildman–Crippen MR) is 47.5 cm³/mol. The lowest BCUT2D eigenvalue weighted by Crippen LogP contribution is -2.25. The molecule has 1 aromatic rings. The smallest absolute Gasteiger partial charge is 0.0947 e. The first-order chi connectivity index (χ1) is 5.46. The van der Waals surface area contributed by atoms with Crippen molar-refractivity contribution >= 4 is 0 Å². The van der Waals surface area contributed by atoms with Crippen molar-refractivity contribution in [1.82, 2.24) is 9.55 Å². The number of hydrogen-bond acceptors (Lipinski definition) is 2. The zero-order valence-corrected chi connectivity index (χ0v) is 7.83. The van der Waals surface area contributed by atoms with Crippen LogP contribution in [0.2, 0.25) is 0 Å². The molecule has 1 fully saturated rings. The van der Waals surface area contributed by atoms with E-state index in [4.69, 9.17) is 5.73 Å². The number of aromatic nitrogens is 2. The highest BCUT2D eigenvalue weighted by Gasteiger charge is 2.60. The fourth-order valence-corrected chi connectivity index (χ4v) is 1.73. The van der Waals surface area contributed by atoms with E-state index in [0.717, 1.165) is 12.1 Å². The normalized spacial score (nSPS) is 32.0. The van der Waals surface area contributed by atoms with Crippen molar-refractivity contribution in [2.24, 2.45) is 18.2 Å². The van der Waals surface area contributed by atoms with Crippen LogP contribution in [0.1, 0.15) is 26.0 Å². The van der Waals surface area contributed by atoms with Crippen molar-refractivity contribution < 1.29 is 0 Å². The van der Waals surface area contributed by atoms with Crippen molar-refractivity contribution in [2.75, 3.05) is 0 Å². The van der Waals surface area contributed by atoms with Gasteiger partial charge in [0.1, 0.15) is 0 Å². The second-order valence-corrected chi connectivity index (χ2v) is 4.46. The van der Waals surface area contributed by atoms with Crippen LogP contribution in [0.15, 0.2) is 12.5 Å². The van der Waals surface area contributed by atoms with Crippen LogP contribution in [0, 0.1) is 5.41 Å². The van der Waals surface area contributed by atoms with Crippen LogP contribution in [0.4, 0.5) is 0 Å². The lowest BCUT2D eigenvalue weighted by Gasteiger charge is -2.11. The molecule has 1 unspecified atom stereocenters. The number of aryl methyl sites for hydroxylation is 1. The van der Waals surface area contributed by atoms with E-state index in [2.05, 4.69) is 18.8 Å². The molecule has 1 aliphatic rings. The average molecular weight is 165 g/mol. The predicted octanol–water partition coefficient (Wildman–Crippen LogP) is 1.00. The van der Waals surface area contributed by atoms with E-state index < -0.39 is 0 Å². The third-order valence-electron chi connectivity index (χ3n) is 2.97. The standard InChI is InChI=1S/C9H15N3/c1-8(2)5-9(8,10)7-4-12(3)6-11-7/h4,6H,5,10H2,1-3H3. The summed E-state index contributed by atoms with van der Waals surface area (Å²) in [5.74, 6) is 0. The van der Waals surface area contributed by atoms with Gasteiger partial charge in [-0.05, 0) is 11.8 Å². The Labute approximate surface area is 72.6 Å². The molecule has 0 aliphatic heterocycles. The number of imidazole rings is 1. The molecule has 0 radical (unpaired) electrons. The molecule has 1 heterocycles. The summed E-state index contributed by atoms with van der Waals surface area (Å²) in [4.78, 5) is 4.28. The molecule has 0 aromatic carbocycles. The molecule has 1 saturated carbocycles. The maximum atomic E-state index is 6.18. The Bertz CT molecular complexity index is 313. The third-order valence-corrected chi connectivity index (χ3v) is 2.97. The fraction of sp³-hybridized carbons (Fsp3) is 0.667. The van der Waals surface area contributed by atoms with Gasteiger partial charge in [0.15, 0.2) is 0 Å². The first-order valence-electron chi connectivity index (χ1n) is 4.23. The van der Waals surface area contributed by atoms with Crippen LogP contribution in [0.3, 0.4) is 0 Å². The monoisotopic (exact) mass is 165 g/mol. The SMILES string of the molecule is Cn1cnc(C2(N)CC2(C)C)c1. The van der Waals surface area contributed by atoms with Crippen LogP contribution in [-0.2, 0) is 12.6 Å². The minimum Gasteiger partial charge on any atom is -0.340 e. The minimum absolute atomic E-state index is 0.172. The molecule has 3 heteroatoms. The largest absolute Gasteiger partial charge is 0.340 e. The molecule has 0 saturated heterocycles.